The number of fused-ring (bicyclic) bond motifs is 7. The van der Waals surface area contributed by atoms with Gasteiger partial charge in [0.15, 0.2) is 0 Å². The van der Waals surface area contributed by atoms with Crippen molar-refractivity contribution < 1.29 is 0 Å². The highest BCUT2D eigenvalue weighted by molar-refractivity contribution is 7.00. The standard InChI is InChI=1S/C130H156BN3/c1-118(2,3)85-50-51-112-104(74-85)103-44-40-41-49-111(103)134(112)98-75-109-115-110(76-98)133-117-106(114-101(83-60-94(127(28,29)30)72-95(61-83)128(31,32)33)47-43-48-102(114)84-62-96(129(34,35)36)73-97(63-84)130(37,38)39)65-80(78-54-88(121(10,11)12)69-89(55-78)122(13,14)15)67-108(117)131(115)107-66-79(77-52-86(119(4,5)6)68-87(53-77)120(7,8)9)64-105(116(107)132-109)113-99(81-56-90(123(16,17)18)70-91(57-81)124(19,20)21)45-42-46-100(113)82-58-92(125(22,23)24)71-93(59-82)126(25,26)27/h40-76,132-133H,1-39H3. The molecule has 2 aliphatic heterocycles. The first-order valence-corrected chi connectivity index (χ1v) is 49.9. The van der Waals surface area contributed by atoms with Gasteiger partial charge in [-0.05, 0) is 279 Å². The summed E-state index contributed by atoms with van der Waals surface area (Å²) >= 11 is 0. The van der Waals surface area contributed by atoms with Crippen molar-refractivity contribution in [1.82, 2.24) is 4.57 Å². The monoisotopic (exact) mass is 1770 g/mol. The molecule has 0 atom stereocenters. The lowest BCUT2D eigenvalue weighted by atomic mass is 9.33. The summed E-state index contributed by atoms with van der Waals surface area (Å²) in [5.74, 6) is 0. The molecule has 0 saturated carbocycles. The average Bonchev–Trinajstić information content (AvgIpc) is 0.874. The van der Waals surface area contributed by atoms with E-state index < -0.39 is 0 Å². The Hall–Kier alpha value is -10.7. The van der Waals surface area contributed by atoms with Gasteiger partial charge in [0.1, 0.15) is 0 Å². The van der Waals surface area contributed by atoms with E-state index in [0.717, 1.165) is 45.1 Å². The summed E-state index contributed by atoms with van der Waals surface area (Å²) in [6.45, 7) is 92.9. The molecular weight excluding hydrogens is 1610 g/mol. The predicted molar refractivity (Wildman–Crippen MR) is 591 cm³/mol. The van der Waals surface area contributed by atoms with E-state index in [1.165, 1.54) is 183 Å². The van der Waals surface area contributed by atoms with Crippen LogP contribution in [0.3, 0.4) is 0 Å². The van der Waals surface area contributed by atoms with Crippen molar-refractivity contribution in [1.29, 1.82) is 0 Å². The molecule has 0 amide bonds. The molecule has 2 N–H and O–H groups in total. The number of nitrogens with one attached hydrogen (secondary N) is 2. The molecule has 0 unspecified atom stereocenters. The van der Waals surface area contributed by atoms with Gasteiger partial charge in [0, 0.05) is 44.6 Å². The minimum atomic E-state index is -0.389. The van der Waals surface area contributed by atoms with Crippen molar-refractivity contribution in [2.24, 2.45) is 0 Å². The zero-order chi connectivity index (χ0) is 97.9. The Morgan fingerprint density at radius 1 is 0.194 bits per heavy atom. The van der Waals surface area contributed by atoms with Gasteiger partial charge in [-0.15, -0.1) is 0 Å². The number of benzene rings is 13. The number of rotatable bonds is 9. The Balaban J connectivity index is 1.18. The Morgan fingerprint density at radius 3 is 0.694 bits per heavy atom. The van der Waals surface area contributed by atoms with E-state index in [1.54, 1.807) is 0 Å². The molecule has 13 aromatic carbocycles. The van der Waals surface area contributed by atoms with E-state index in [2.05, 4.69) is 510 Å². The van der Waals surface area contributed by atoms with E-state index >= 15 is 0 Å². The summed E-state index contributed by atoms with van der Waals surface area (Å²) in [7, 11) is 0. The first kappa shape index (κ1) is 96.4. The van der Waals surface area contributed by atoms with Crippen molar-refractivity contribution in [3.05, 3.63) is 297 Å². The van der Waals surface area contributed by atoms with Gasteiger partial charge >= 0.3 is 0 Å². The van der Waals surface area contributed by atoms with Gasteiger partial charge in [0.25, 0.3) is 6.71 Å². The van der Waals surface area contributed by atoms with Crippen LogP contribution >= 0.6 is 0 Å². The van der Waals surface area contributed by atoms with Crippen LogP contribution in [0.4, 0.5) is 22.7 Å². The van der Waals surface area contributed by atoms with Crippen LogP contribution in [0.5, 0.6) is 0 Å². The van der Waals surface area contributed by atoms with Gasteiger partial charge in [0.2, 0.25) is 0 Å². The van der Waals surface area contributed by atoms with Crippen molar-refractivity contribution in [2.45, 2.75) is 340 Å². The van der Waals surface area contributed by atoms with Gasteiger partial charge in [-0.3, -0.25) is 0 Å². The lowest BCUT2D eigenvalue weighted by Crippen LogP contribution is -2.59. The second-order valence-corrected chi connectivity index (χ2v) is 53.7. The van der Waals surface area contributed by atoms with Gasteiger partial charge in [-0.1, -0.05) is 452 Å². The topological polar surface area (TPSA) is 29.0 Å². The molecule has 694 valence electrons. The van der Waals surface area contributed by atoms with Gasteiger partial charge in [0.05, 0.1) is 16.7 Å². The highest BCUT2D eigenvalue weighted by atomic mass is 15.0. The number of anilines is 4. The van der Waals surface area contributed by atoms with Gasteiger partial charge in [-0.25, -0.2) is 0 Å². The van der Waals surface area contributed by atoms with Crippen LogP contribution in [0.25, 0.3) is 117 Å². The first-order valence-electron chi connectivity index (χ1n) is 49.9. The minimum Gasteiger partial charge on any atom is -0.356 e. The Bertz CT molecular complexity index is 6300. The second kappa shape index (κ2) is 32.5. The lowest BCUT2D eigenvalue weighted by molar-refractivity contribution is 0.568. The largest absolute Gasteiger partial charge is 0.356 e. The average molecular weight is 1770 g/mol. The first-order chi connectivity index (χ1) is 61.6. The molecule has 0 spiro atoms. The molecule has 0 aliphatic carbocycles. The number of hydrogen-bond donors (Lipinski definition) is 2. The Morgan fingerprint density at radius 2 is 0.433 bits per heavy atom. The molecule has 0 bridgehead atoms. The fourth-order valence-electron chi connectivity index (χ4n) is 20.1. The van der Waals surface area contributed by atoms with E-state index in [4.69, 9.17) is 0 Å². The highest BCUT2D eigenvalue weighted by Crippen LogP contribution is 2.55. The number of para-hydroxylation sites is 1. The van der Waals surface area contributed by atoms with Crippen LogP contribution in [0.1, 0.15) is 342 Å². The van der Waals surface area contributed by atoms with Crippen LogP contribution < -0.4 is 27.0 Å². The number of hydrogen-bond acceptors (Lipinski definition) is 2. The molecule has 3 heterocycles. The maximum Gasteiger partial charge on any atom is 0.252 e. The summed E-state index contributed by atoms with van der Waals surface area (Å²) in [6, 6.07) is 92.3. The molecule has 0 fully saturated rings. The Kier molecular flexibility index (Phi) is 23.4. The van der Waals surface area contributed by atoms with E-state index in [-0.39, 0.29) is 77.1 Å². The Labute approximate surface area is 809 Å². The van der Waals surface area contributed by atoms with Crippen molar-refractivity contribution in [2.75, 3.05) is 10.6 Å². The molecule has 2 aliphatic rings. The zero-order valence-corrected chi connectivity index (χ0v) is 89.4. The molecule has 0 radical (unpaired) electrons. The molecule has 16 rings (SSSR count). The molecule has 1 aromatic heterocycles. The second-order valence-electron chi connectivity index (χ2n) is 53.7. The van der Waals surface area contributed by atoms with Crippen LogP contribution in [-0.4, -0.2) is 11.3 Å². The summed E-state index contributed by atoms with van der Waals surface area (Å²) < 4.78 is 2.57. The summed E-state index contributed by atoms with van der Waals surface area (Å²) in [5.41, 5.74) is 45.4. The van der Waals surface area contributed by atoms with E-state index in [9.17, 15) is 0 Å². The SMILES string of the molecule is CC(C)(C)c1cc(-c2cc3c(c(-c4c(-c5cc(C(C)(C)C)cc(C(C)(C)C)c5)cccc4-c4cc(C(C)(C)C)cc(C(C)(C)C)c4)c2)Nc2cc(-n4c5ccccc5c5cc(C(C)(C)C)ccc54)cc4c2B3c2cc(-c3cc(C(C)(C)C)cc(C(C)(C)C)c3)cc(-c3c(-c5cc(C(C)(C)C)cc(C(C)(C)C)c5)cccc3-c3cc(C(C)(C)C)cc(C(C)(C)C)c3)c2N4)cc(C(C)(C)C)c1. The number of aromatic nitrogens is 1. The molecule has 3 nitrogen and oxygen atoms in total. The number of nitrogens with zero attached hydrogens (tertiary/aromatic N) is 1. The summed E-state index contributed by atoms with van der Waals surface area (Å²) in [6.07, 6.45) is 0. The van der Waals surface area contributed by atoms with Gasteiger partial charge in [-0.2, -0.15) is 0 Å². The molecule has 134 heavy (non-hydrogen) atoms. The van der Waals surface area contributed by atoms with E-state index in [1.807, 2.05) is 0 Å². The molecule has 14 aromatic rings. The third kappa shape index (κ3) is 18.6. The predicted octanol–water partition coefficient (Wildman–Crippen LogP) is 35.6. The molecule has 0 saturated heterocycles. The normalized spacial score (nSPS) is 13.9. The fraction of sp³-hybridized carbons (Fsp3) is 0.400. The minimum absolute atomic E-state index is 0.0826. The van der Waals surface area contributed by atoms with Crippen molar-refractivity contribution >= 4 is 67.7 Å². The smallest absolute Gasteiger partial charge is 0.252 e. The molecular formula is C130H156BN3. The van der Waals surface area contributed by atoms with Crippen LogP contribution in [0, 0.1) is 0 Å². The lowest BCUT2D eigenvalue weighted by Gasteiger charge is -2.38. The zero-order valence-electron chi connectivity index (χ0n) is 89.4. The van der Waals surface area contributed by atoms with Crippen LogP contribution in [0.15, 0.2) is 224 Å². The maximum absolute atomic E-state index is 4.67. The van der Waals surface area contributed by atoms with Gasteiger partial charge < -0.3 is 15.2 Å². The quantitative estimate of drug-likeness (QED) is 0.141. The van der Waals surface area contributed by atoms with Crippen LogP contribution in [0.2, 0.25) is 0 Å². The van der Waals surface area contributed by atoms with Crippen molar-refractivity contribution in [3.63, 3.8) is 0 Å². The van der Waals surface area contributed by atoms with Crippen LogP contribution in [-0.2, 0) is 70.4 Å². The molecule has 4 heteroatoms. The third-order valence-electron chi connectivity index (χ3n) is 29.3. The van der Waals surface area contributed by atoms with E-state index in [0.29, 0.717) is 0 Å². The third-order valence-corrected chi connectivity index (χ3v) is 29.3. The maximum atomic E-state index is 4.67. The van der Waals surface area contributed by atoms with Crippen molar-refractivity contribution in [3.8, 4) is 94.7 Å². The summed E-state index contributed by atoms with van der Waals surface area (Å²) in [5, 5.41) is 11.8. The highest BCUT2D eigenvalue weighted by Gasteiger charge is 2.44. The summed E-state index contributed by atoms with van der Waals surface area (Å²) in [4.78, 5) is 0. The fourth-order valence-corrected chi connectivity index (χ4v) is 20.1.